The standard InChI is InChI=1S/C64H106O52/c1-14(74)97-54-45(94)63(110-46-16(76)3-27(99-19(46)6-67)109-47-20(7-68)100-56(95)37(86)32(47)81)106-25(12-73)53(54)116-61-42(91)34(83)49(22(9-70)105-61)112-62-43(92)36(85)52(26(108-62)13-96-57-38(87)30(79)28(77)17(4-65)101-57)114-60-40(89)33(82)48(21(8-69)103-60)111-59-41(90)35(84)50(23(10-71)104-59)115-64-55(98-15(2)75)44(93)51(24(11-72)107-64)113-58-39(88)31(80)29(78)18(5-66)102-58/h16-73,76-95H,3-13H2,1-2H3/t16?,17?,18?,19?,20?,21?,22?,23?,24?,25?,26?,27-,28-,29?,30+,31?,32?,33?,34?,35?,36?,37?,38?,39?,40-,41?,42-,43?,44?,45?,46+,47?,48-,49-,50?,51-,52?,53-,54-,55+,56?,57-,58?,59?,60-,61-,62?,63-,64-/m0/s1. The Labute approximate surface area is 654 Å². The van der Waals surface area contributed by atoms with Crippen LogP contribution in [0, 0.1) is 0 Å². The first-order valence-corrected chi connectivity index (χ1v) is 36.9. The minimum atomic E-state index is -2.46. The van der Waals surface area contributed by atoms with Crippen molar-refractivity contribution in [1.82, 2.24) is 0 Å². The van der Waals surface area contributed by atoms with Crippen molar-refractivity contribution in [2.24, 2.45) is 0 Å². The lowest BCUT2D eigenvalue weighted by Crippen LogP contribution is -2.69. The fourth-order valence-electron chi connectivity index (χ4n) is 15.0. The highest BCUT2D eigenvalue weighted by molar-refractivity contribution is 5.66. The number of hydrogen-bond acceptors (Lipinski definition) is 52. The fraction of sp³-hybridized carbons (Fsp3) is 0.969. The van der Waals surface area contributed by atoms with Gasteiger partial charge in [-0.25, -0.2) is 0 Å². The lowest BCUT2D eigenvalue weighted by Gasteiger charge is -2.50. The number of ether oxygens (including phenoxy) is 21. The number of aliphatic hydroxyl groups excluding tert-OH is 29. The summed E-state index contributed by atoms with van der Waals surface area (Å²) in [7, 11) is 0. The van der Waals surface area contributed by atoms with Gasteiger partial charge in [0.05, 0.1) is 72.2 Å². The van der Waals surface area contributed by atoms with Crippen LogP contribution in [-0.4, -0.2) is 527 Å². The summed E-state index contributed by atoms with van der Waals surface area (Å²) in [5, 5.41) is 316. The van der Waals surface area contributed by atoms with E-state index in [4.69, 9.17) is 99.5 Å². The molecule has 10 aliphatic rings. The molecular weight excluding hydrogens is 1600 g/mol. The molecule has 32 unspecified atom stereocenters. The lowest BCUT2D eigenvalue weighted by atomic mass is 9.95. The quantitative estimate of drug-likeness (QED) is 0.0297. The summed E-state index contributed by atoms with van der Waals surface area (Å²) in [6, 6.07) is 0. The van der Waals surface area contributed by atoms with E-state index in [0.29, 0.717) is 0 Å². The van der Waals surface area contributed by atoms with Crippen molar-refractivity contribution in [3.8, 4) is 0 Å². The van der Waals surface area contributed by atoms with Crippen molar-refractivity contribution in [1.29, 1.82) is 0 Å². The van der Waals surface area contributed by atoms with Crippen LogP contribution in [0.25, 0.3) is 0 Å². The third-order valence-corrected chi connectivity index (χ3v) is 21.3. The van der Waals surface area contributed by atoms with E-state index in [1.165, 1.54) is 0 Å². The molecule has 10 heterocycles. The predicted octanol–water partition coefficient (Wildman–Crippen LogP) is -20.6. The first-order valence-electron chi connectivity index (χ1n) is 36.9. The van der Waals surface area contributed by atoms with Crippen molar-refractivity contribution in [3.63, 3.8) is 0 Å². The summed E-state index contributed by atoms with van der Waals surface area (Å²) in [5.41, 5.74) is 0. The zero-order valence-electron chi connectivity index (χ0n) is 61.4. The Hall–Kier alpha value is -2.98. The Kier molecular flexibility index (Phi) is 34.2. The van der Waals surface area contributed by atoms with Crippen LogP contribution in [0.4, 0.5) is 0 Å². The molecule has 0 aromatic rings. The SMILES string of the molecule is CC(=O)O[C@@H]1C(O)[C@@H](OC2OC(CO)C(O)C(O)C2O)C(CO)O[C@H]1OC1C(CO)OC(O[C@H]2C(CO)O[C@@H](OC3C(CO[C@H]4OC(CO)[C@H](O)[C@@H](O)C4O)OC(O[C@H]4C(CO)O[C@@H](O[C@H]5C(CO)O[C@@H](O[C@@H]6C(O)C[C@H](OC7C(CO)OC(O)C(O)C7O)OC6CO)C(O)[C@@H]5OC(C)=O)[C@@H](O)C4O)C(O)C3O)[C@@H](O)C2O)C(O)C1O. The summed E-state index contributed by atoms with van der Waals surface area (Å²) in [6.07, 6.45) is -99.0. The molecule has 49 atom stereocenters. The molecule has 0 aromatic carbocycles. The van der Waals surface area contributed by atoms with Gasteiger partial charge in [-0.1, -0.05) is 0 Å². The van der Waals surface area contributed by atoms with E-state index >= 15 is 0 Å². The molecule has 52 heteroatoms. The highest BCUT2D eigenvalue weighted by atomic mass is 16.8. The van der Waals surface area contributed by atoms with Crippen molar-refractivity contribution < 1.29 is 257 Å². The molecule has 10 fully saturated rings. The van der Waals surface area contributed by atoms with Gasteiger partial charge in [-0.15, -0.1) is 0 Å². The van der Waals surface area contributed by atoms with Crippen LogP contribution in [0.15, 0.2) is 0 Å². The molecule has 52 nitrogen and oxygen atoms in total. The Morgan fingerprint density at radius 2 is 0.517 bits per heavy atom. The predicted molar refractivity (Wildman–Crippen MR) is 347 cm³/mol. The number of hydrogen-bond donors (Lipinski definition) is 29. The molecule has 0 spiro atoms. The van der Waals surface area contributed by atoms with Crippen molar-refractivity contribution in [3.05, 3.63) is 0 Å². The third kappa shape index (κ3) is 20.5. The normalized spacial score (nSPS) is 51.1. The van der Waals surface area contributed by atoms with Gasteiger partial charge in [0.2, 0.25) is 0 Å². The maximum atomic E-state index is 12.7. The molecule has 29 N–H and O–H groups in total. The van der Waals surface area contributed by atoms with Gasteiger partial charge in [-0.3, -0.25) is 9.59 Å². The molecule has 116 heavy (non-hydrogen) atoms. The van der Waals surface area contributed by atoms with E-state index < -0.39 is 385 Å². The van der Waals surface area contributed by atoms with Gasteiger partial charge in [-0.2, -0.15) is 0 Å². The van der Waals surface area contributed by atoms with E-state index in [1.807, 2.05) is 0 Å². The Balaban J connectivity index is 0.803. The molecule has 10 rings (SSSR count). The Bertz CT molecular complexity index is 2990. The van der Waals surface area contributed by atoms with Gasteiger partial charge >= 0.3 is 11.9 Å². The van der Waals surface area contributed by atoms with Crippen LogP contribution in [0.5, 0.6) is 0 Å². The van der Waals surface area contributed by atoms with Crippen LogP contribution in [0.2, 0.25) is 0 Å². The largest absolute Gasteiger partial charge is 0.457 e. The van der Waals surface area contributed by atoms with Crippen molar-refractivity contribution in [2.45, 2.75) is 321 Å². The summed E-state index contributed by atoms with van der Waals surface area (Å²) in [4.78, 5) is 25.1. The average Bonchev–Trinajstić information content (AvgIpc) is 0.769. The number of esters is 2. The van der Waals surface area contributed by atoms with Gasteiger partial charge in [0.15, 0.2) is 75.1 Å². The summed E-state index contributed by atoms with van der Waals surface area (Å²) < 4.78 is 120. The first kappa shape index (κ1) is 95.3. The smallest absolute Gasteiger partial charge is 0.303 e. The van der Waals surface area contributed by atoms with E-state index in [0.717, 1.165) is 13.8 Å². The van der Waals surface area contributed by atoms with Crippen LogP contribution >= 0.6 is 0 Å². The van der Waals surface area contributed by atoms with E-state index in [9.17, 15) is 158 Å². The van der Waals surface area contributed by atoms with Gasteiger partial charge in [-0.05, 0) is 0 Å². The van der Waals surface area contributed by atoms with Gasteiger partial charge in [0.25, 0.3) is 0 Å². The lowest BCUT2D eigenvalue weighted by molar-refractivity contribution is -0.401. The molecule has 0 amide bonds. The van der Waals surface area contributed by atoms with Gasteiger partial charge in [0, 0.05) is 20.3 Å². The number of carbonyl (C=O) groups excluding carboxylic acids is 2. The summed E-state index contributed by atoms with van der Waals surface area (Å²) >= 11 is 0. The minimum absolute atomic E-state index is 0.553. The molecule has 0 aliphatic carbocycles. The Morgan fingerprint density at radius 3 is 0.931 bits per heavy atom. The molecule has 0 bridgehead atoms. The summed E-state index contributed by atoms with van der Waals surface area (Å²) in [6.45, 7) is -8.74. The highest BCUT2D eigenvalue weighted by Crippen LogP contribution is 2.41. The fourth-order valence-corrected chi connectivity index (χ4v) is 15.0. The summed E-state index contributed by atoms with van der Waals surface area (Å²) in [5.74, 6) is -2.24. The maximum Gasteiger partial charge on any atom is 0.303 e. The third-order valence-electron chi connectivity index (χ3n) is 21.3. The van der Waals surface area contributed by atoms with Crippen LogP contribution in [0.1, 0.15) is 20.3 Å². The highest BCUT2D eigenvalue weighted by Gasteiger charge is 2.61. The minimum Gasteiger partial charge on any atom is -0.457 e. The average molecular weight is 1710 g/mol. The van der Waals surface area contributed by atoms with E-state index in [2.05, 4.69) is 0 Å². The van der Waals surface area contributed by atoms with Crippen molar-refractivity contribution in [2.75, 3.05) is 66.1 Å². The maximum absolute atomic E-state index is 12.7. The molecule has 0 radical (unpaired) electrons. The second kappa shape index (κ2) is 41.7. The van der Waals surface area contributed by atoms with Crippen molar-refractivity contribution >= 4 is 11.9 Å². The van der Waals surface area contributed by atoms with Crippen LogP contribution in [-0.2, 0) is 109 Å². The second-order valence-electron chi connectivity index (χ2n) is 29.1. The number of rotatable bonds is 30. The molecule has 674 valence electrons. The Morgan fingerprint density at radius 1 is 0.241 bits per heavy atom. The zero-order chi connectivity index (χ0) is 85.1. The molecule has 0 aromatic heterocycles. The van der Waals surface area contributed by atoms with Crippen LogP contribution in [0.3, 0.4) is 0 Å². The monoisotopic (exact) mass is 1710 g/mol. The molecule has 10 aliphatic heterocycles. The van der Waals surface area contributed by atoms with Crippen LogP contribution < -0.4 is 0 Å². The van der Waals surface area contributed by atoms with Gasteiger partial charge < -0.3 is 248 Å². The number of aliphatic hydroxyl groups is 29. The second-order valence-corrected chi connectivity index (χ2v) is 29.1. The molecule has 0 saturated carbocycles. The van der Waals surface area contributed by atoms with E-state index in [-0.39, 0.29) is 0 Å². The number of carbonyl (C=O) groups is 2. The zero-order valence-corrected chi connectivity index (χ0v) is 61.4. The topological polar surface area (TPSA) is 815 Å². The van der Waals surface area contributed by atoms with Gasteiger partial charge in [0.1, 0.15) is 220 Å². The first-order chi connectivity index (χ1) is 55.0. The molecule has 10 saturated heterocycles. The molecular formula is C64H106O52. The van der Waals surface area contributed by atoms with E-state index in [1.54, 1.807) is 0 Å².